The van der Waals surface area contributed by atoms with Gasteiger partial charge >= 0.3 is 0 Å². The molecule has 9 heavy (non-hydrogen) atoms. The largest absolute Gasteiger partial charge is 0.396 e. The van der Waals surface area contributed by atoms with Crippen molar-refractivity contribution in [1.82, 2.24) is 0 Å². The summed E-state index contributed by atoms with van der Waals surface area (Å²) in [6.07, 6.45) is 2.12. The minimum absolute atomic E-state index is 0.185. The van der Waals surface area contributed by atoms with Gasteiger partial charge in [0, 0.05) is 13.2 Å². The Bertz CT molecular complexity index is 63.3. The van der Waals surface area contributed by atoms with Crippen molar-refractivity contribution in [3.8, 4) is 0 Å². The van der Waals surface area contributed by atoms with Crippen molar-refractivity contribution in [1.29, 1.82) is 0 Å². The Morgan fingerprint density at radius 1 is 1.44 bits per heavy atom. The van der Waals surface area contributed by atoms with Gasteiger partial charge in [0.25, 0.3) is 0 Å². The third kappa shape index (κ3) is 7.59. The molecule has 0 rings (SSSR count). The number of aliphatic hydroxyl groups excluding tert-OH is 1. The van der Waals surface area contributed by atoms with Crippen LogP contribution in [0, 0.1) is 6.61 Å². The predicted molar refractivity (Wildman–Crippen MR) is 32.6 cm³/mol. The number of hydrogen-bond acceptors (Lipinski definition) is 3. The highest BCUT2D eigenvalue weighted by Crippen LogP contribution is 1.88. The fraction of sp³-hybridized carbons (Fsp3) is 0.667. The van der Waals surface area contributed by atoms with E-state index < -0.39 is 0 Å². The van der Waals surface area contributed by atoms with Gasteiger partial charge in [0.1, 0.15) is 6.61 Å². The van der Waals surface area contributed by atoms with Crippen LogP contribution in [0.4, 0.5) is 0 Å². The van der Waals surface area contributed by atoms with E-state index in [1.54, 1.807) is 0 Å². The van der Waals surface area contributed by atoms with E-state index in [1.807, 2.05) is 0 Å². The van der Waals surface area contributed by atoms with Crippen LogP contribution in [0.5, 0.6) is 0 Å². The molecule has 0 saturated heterocycles. The Kier molecular flexibility index (Phi) is 7.24. The maximum Gasteiger partial charge on any atom is 0.151 e. The molecule has 3 heteroatoms. The maximum atomic E-state index is 9.61. The third-order valence-corrected chi connectivity index (χ3v) is 0.822. The van der Waals surface area contributed by atoms with Crippen LogP contribution in [0.15, 0.2) is 0 Å². The summed E-state index contributed by atoms with van der Waals surface area (Å²) in [5, 5.41) is 8.29. The quantitative estimate of drug-likeness (QED) is 0.412. The van der Waals surface area contributed by atoms with Crippen LogP contribution in [0.1, 0.15) is 12.8 Å². The van der Waals surface area contributed by atoms with Gasteiger partial charge in [-0.3, -0.25) is 0 Å². The number of aliphatic hydroxyl groups is 1. The second-order valence-electron chi connectivity index (χ2n) is 1.57. The monoisotopic (exact) mass is 131 g/mol. The van der Waals surface area contributed by atoms with Gasteiger partial charge < -0.3 is 14.6 Å². The first-order valence-corrected chi connectivity index (χ1v) is 2.91. The first kappa shape index (κ1) is 8.59. The molecular formula is C6H11O3. The Morgan fingerprint density at radius 3 is 2.78 bits per heavy atom. The van der Waals surface area contributed by atoms with Crippen molar-refractivity contribution in [2.24, 2.45) is 0 Å². The van der Waals surface area contributed by atoms with Crippen molar-refractivity contribution < 1.29 is 14.6 Å². The second-order valence-corrected chi connectivity index (χ2v) is 1.57. The molecule has 0 unspecified atom stereocenters. The number of ether oxygens (including phenoxy) is 1. The lowest BCUT2D eigenvalue weighted by Gasteiger charge is -1.95. The molecule has 0 aliphatic heterocycles. The normalized spacial score (nSPS) is 9.44. The molecule has 3 nitrogen and oxygen atoms in total. The van der Waals surface area contributed by atoms with Gasteiger partial charge in [0.05, 0.1) is 0 Å². The maximum absolute atomic E-state index is 9.61. The number of rotatable bonds is 6. The van der Waals surface area contributed by atoms with Gasteiger partial charge in [-0.05, 0) is 12.8 Å². The zero-order chi connectivity index (χ0) is 6.95. The minimum Gasteiger partial charge on any atom is -0.396 e. The van der Waals surface area contributed by atoms with Crippen LogP contribution in [-0.4, -0.2) is 24.6 Å². The van der Waals surface area contributed by atoms with Gasteiger partial charge in [0.15, 0.2) is 6.29 Å². The Morgan fingerprint density at radius 2 is 2.22 bits per heavy atom. The fourth-order valence-corrected chi connectivity index (χ4v) is 0.405. The molecule has 0 bridgehead atoms. The number of carbonyl (C=O) groups excluding carboxylic acids is 1. The topological polar surface area (TPSA) is 46.5 Å². The van der Waals surface area contributed by atoms with Crippen LogP contribution >= 0.6 is 0 Å². The zero-order valence-electron chi connectivity index (χ0n) is 5.25. The lowest BCUT2D eigenvalue weighted by molar-refractivity contribution is -0.108. The molecule has 0 amide bonds. The molecule has 0 aliphatic carbocycles. The van der Waals surface area contributed by atoms with Crippen molar-refractivity contribution >= 4 is 6.29 Å². The van der Waals surface area contributed by atoms with Crippen molar-refractivity contribution in [2.45, 2.75) is 12.8 Å². The van der Waals surface area contributed by atoms with Gasteiger partial charge in [-0.2, -0.15) is 0 Å². The summed E-state index contributed by atoms with van der Waals surface area (Å²) in [4.78, 5) is 9.61. The van der Waals surface area contributed by atoms with Crippen molar-refractivity contribution in [3.05, 3.63) is 6.61 Å². The number of unbranched alkanes of at least 4 members (excludes halogenated alkanes) is 1. The van der Waals surface area contributed by atoms with E-state index in [4.69, 9.17) is 5.11 Å². The summed E-state index contributed by atoms with van der Waals surface area (Å²) >= 11 is 0. The first-order chi connectivity index (χ1) is 4.41. The van der Waals surface area contributed by atoms with Gasteiger partial charge in [-0.15, -0.1) is 0 Å². The molecule has 1 radical (unpaired) electrons. The molecule has 0 atom stereocenters. The van der Waals surface area contributed by atoms with Crippen LogP contribution < -0.4 is 0 Å². The molecular weight excluding hydrogens is 120 g/mol. The highest BCUT2D eigenvalue weighted by molar-refractivity contribution is 5.58. The van der Waals surface area contributed by atoms with Crippen LogP contribution in [-0.2, 0) is 9.53 Å². The molecule has 0 heterocycles. The molecule has 0 aromatic heterocycles. The smallest absolute Gasteiger partial charge is 0.151 e. The van der Waals surface area contributed by atoms with Crippen LogP contribution in [0.2, 0.25) is 0 Å². The van der Waals surface area contributed by atoms with E-state index in [0.29, 0.717) is 12.9 Å². The molecule has 0 saturated carbocycles. The SMILES string of the molecule is O=C[CH]OCCCCO. The van der Waals surface area contributed by atoms with Gasteiger partial charge in [0.2, 0.25) is 0 Å². The fourth-order valence-electron chi connectivity index (χ4n) is 0.405. The molecule has 0 aromatic rings. The predicted octanol–water partition coefficient (Wildman–Crippen LogP) is 0.136. The number of aldehydes is 1. The van der Waals surface area contributed by atoms with E-state index in [2.05, 4.69) is 4.74 Å². The van der Waals surface area contributed by atoms with E-state index >= 15 is 0 Å². The number of carbonyl (C=O) groups is 1. The lowest BCUT2D eigenvalue weighted by Crippen LogP contribution is -1.93. The summed E-state index contributed by atoms with van der Waals surface area (Å²) in [7, 11) is 0. The summed E-state index contributed by atoms with van der Waals surface area (Å²) in [6, 6.07) is 0. The Balaban J connectivity index is 2.66. The Labute approximate surface area is 54.6 Å². The second kappa shape index (κ2) is 7.59. The summed E-state index contributed by atoms with van der Waals surface area (Å²) in [5.74, 6) is 0. The highest BCUT2D eigenvalue weighted by Gasteiger charge is 1.86. The van der Waals surface area contributed by atoms with Crippen LogP contribution in [0.25, 0.3) is 0 Å². The van der Waals surface area contributed by atoms with E-state index in [1.165, 1.54) is 0 Å². The first-order valence-electron chi connectivity index (χ1n) is 2.91. The lowest BCUT2D eigenvalue weighted by atomic mass is 10.3. The highest BCUT2D eigenvalue weighted by atomic mass is 16.5. The molecule has 0 aliphatic rings. The summed E-state index contributed by atoms with van der Waals surface area (Å²) in [5.41, 5.74) is 0. The Hall–Kier alpha value is -0.410. The standard InChI is InChI=1S/C6H11O3/c7-3-1-2-5-9-6-4-8/h4,6-7H,1-3,5H2. The van der Waals surface area contributed by atoms with Gasteiger partial charge in [-0.25, -0.2) is 0 Å². The molecule has 0 aromatic carbocycles. The minimum atomic E-state index is 0.185. The van der Waals surface area contributed by atoms with Crippen molar-refractivity contribution in [2.75, 3.05) is 13.2 Å². The average molecular weight is 131 g/mol. The summed E-state index contributed by atoms with van der Waals surface area (Å²) in [6.45, 7) is 1.81. The molecule has 0 spiro atoms. The third-order valence-electron chi connectivity index (χ3n) is 0.822. The molecule has 0 fully saturated rings. The van der Waals surface area contributed by atoms with Crippen LogP contribution in [0.3, 0.4) is 0 Å². The van der Waals surface area contributed by atoms with Crippen molar-refractivity contribution in [3.63, 3.8) is 0 Å². The molecule has 1 N–H and O–H groups in total. The summed E-state index contributed by atoms with van der Waals surface area (Å²) < 4.78 is 4.68. The number of hydrogen-bond donors (Lipinski definition) is 1. The average Bonchev–Trinajstić information content (AvgIpc) is 1.89. The zero-order valence-corrected chi connectivity index (χ0v) is 5.25. The van der Waals surface area contributed by atoms with E-state index in [-0.39, 0.29) is 6.61 Å². The van der Waals surface area contributed by atoms with E-state index in [0.717, 1.165) is 19.4 Å². The van der Waals surface area contributed by atoms with E-state index in [9.17, 15) is 4.79 Å². The molecule has 53 valence electrons. The van der Waals surface area contributed by atoms with Gasteiger partial charge in [-0.1, -0.05) is 0 Å².